The van der Waals surface area contributed by atoms with Crippen LogP contribution in [0.15, 0.2) is 0 Å². The molecule has 1 aliphatic heterocycles. The normalized spacial score (nSPS) is 20.3. The van der Waals surface area contributed by atoms with Crippen LogP contribution in [-0.4, -0.2) is 37.1 Å². The third kappa shape index (κ3) is 6.78. The Bertz CT molecular complexity index is 292. The summed E-state index contributed by atoms with van der Waals surface area (Å²) < 4.78 is 5.08. The van der Waals surface area contributed by atoms with Crippen LogP contribution >= 0.6 is 12.4 Å². The van der Waals surface area contributed by atoms with Crippen molar-refractivity contribution in [1.82, 2.24) is 10.6 Å². The van der Waals surface area contributed by atoms with Gasteiger partial charge in [0.2, 0.25) is 5.91 Å². The summed E-state index contributed by atoms with van der Waals surface area (Å²) in [5.74, 6) is -0.583. The Labute approximate surface area is 121 Å². The number of hydrogen-bond acceptors (Lipinski definition) is 4. The maximum Gasteiger partial charge on any atom is 0.310 e. The quantitative estimate of drug-likeness (QED) is 0.749. The van der Waals surface area contributed by atoms with E-state index in [1.807, 2.05) is 13.8 Å². The van der Waals surface area contributed by atoms with Gasteiger partial charge in [0.1, 0.15) is 0 Å². The van der Waals surface area contributed by atoms with Gasteiger partial charge >= 0.3 is 5.97 Å². The lowest BCUT2D eigenvalue weighted by atomic mass is 10.0. The average Bonchev–Trinajstić information content (AvgIpc) is 2.35. The number of carbonyl (C=O) groups is 2. The lowest BCUT2D eigenvalue weighted by Gasteiger charge is -2.23. The molecular weight excluding hydrogens is 268 g/mol. The Morgan fingerprint density at radius 1 is 1.32 bits per heavy atom. The smallest absolute Gasteiger partial charge is 0.310 e. The second-order valence-corrected chi connectivity index (χ2v) is 5.13. The van der Waals surface area contributed by atoms with Crippen LogP contribution in [0.1, 0.15) is 40.0 Å². The van der Waals surface area contributed by atoms with Gasteiger partial charge < -0.3 is 15.4 Å². The standard InChI is InChI=1S/C13H24N2O3.ClH/c1-9(2)18-13(17)10(3)8-15-12(16)11-6-4-5-7-14-11;/h9-11,14H,4-8H2,1-3H3,(H,15,16);1H. The molecule has 19 heavy (non-hydrogen) atoms. The van der Waals surface area contributed by atoms with E-state index < -0.39 is 0 Å². The van der Waals surface area contributed by atoms with Crippen molar-refractivity contribution in [2.75, 3.05) is 13.1 Å². The van der Waals surface area contributed by atoms with Gasteiger partial charge in [0, 0.05) is 6.54 Å². The number of halogens is 1. The molecule has 2 unspecified atom stereocenters. The fourth-order valence-corrected chi connectivity index (χ4v) is 1.88. The zero-order chi connectivity index (χ0) is 13.5. The average molecular weight is 293 g/mol. The van der Waals surface area contributed by atoms with Crippen LogP contribution in [0, 0.1) is 5.92 Å². The van der Waals surface area contributed by atoms with Gasteiger partial charge in [-0.3, -0.25) is 9.59 Å². The molecule has 1 heterocycles. The van der Waals surface area contributed by atoms with Crippen molar-refractivity contribution in [3.63, 3.8) is 0 Å². The van der Waals surface area contributed by atoms with E-state index in [9.17, 15) is 9.59 Å². The highest BCUT2D eigenvalue weighted by Crippen LogP contribution is 2.07. The lowest BCUT2D eigenvalue weighted by Crippen LogP contribution is -2.48. The highest BCUT2D eigenvalue weighted by atomic mass is 35.5. The molecule has 5 nitrogen and oxygen atoms in total. The van der Waals surface area contributed by atoms with E-state index in [0.29, 0.717) is 6.54 Å². The Morgan fingerprint density at radius 2 is 2.00 bits per heavy atom. The Balaban J connectivity index is 0.00000324. The second-order valence-electron chi connectivity index (χ2n) is 5.13. The van der Waals surface area contributed by atoms with Crippen molar-refractivity contribution in [2.24, 2.45) is 5.92 Å². The van der Waals surface area contributed by atoms with Gasteiger partial charge in [0.25, 0.3) is 0 Å². The van der Waals surface area contributed by atoms with Gasteiger partial charge in [-0.05, 0) is 33.2 Å². The van der Waals surface area contributed by atoms with Crippen molar-refractivity contribution >= 4 is 24.3 Å². The first-order valence-corrected chi connectivity index (χ1v) is 6.72. The van der Waals surface area contributed by atoms with Crippen LogP contribution in [0.25, 0.3) is 0 Å². The first kappa shape index (κ1) is 18.2. The summed E-state index contributed by atoms with van der Waals surface area (Å²) in [5.41, 5.74) is 0. The van der Waals surface area contributed by atoms with Gasteiger partial charge in [0.05, 0.1) is 18.1 Å². The van der Waals surface area contributed by atoms with E-state index >= 15 is 0 Å². The van der Waals surface area contributed by atoms with E-state index in [0.717, 1.165) is 25.8 Å². The topological polar surface area (TPSA) is 67.4 Å². The second kappa shape index (κ2) is 9.15. The molecule has 0 spiro atoms. The summed E-state index contributed by atoms with van der Waals surface area (Å²) in [5, 5.41) is 5.98. The third-order valence-electron chi connectivity index (χ3n) is 2.96. The van der Waals surface area contributed by atoms with Gasteiger partial charge in [-0.25, -0.2) is 0 Å². The Morgan fingerprint density at radius 3 is 2.53 bits per heavy atom. The molecule has 0 aromatic carbocycles. The summed E-state index contributed by atoms with van der Waals surface area (Å²) >= 11 is 0. The number of carbonyl (C=O) groups excluding carboxylic acids is 2. The number of nitrogens with one attached hydrogen (secondary N) is 2. The van der Waals surface area contributed by atoms with Gasteiger partial charge in [0.15, 0.2) is 0 Å². The molecule has 0 aliphatic carbocycles. The van der Waals surface area contributed by atoms with Crippen molar-refractivity contribution < 1.29 is 14.3 Å². The van der Waals surface area contributed by atoms with Gasteiger partial charge in [-0.1, -0.05) is 13.3 Å². The van der Waals surface area contributed by atoms with Crippen molar-refractivity contribution in [1.29, 1.82) is 0 Å². The van der Waals surface area contributed by atoms with Crippen LogP contribution in [0.4, 0.5) is 0 Å². The summed E-state index contributed by atoms with van der Waals surface area (Å²) in [6.07, 6.45) is 2.96. The number of piperidine rings is 1. The fourth-order valence-electron chi connectivity index (χ4n) is 1.88. The minimum atomic E-state index is -0.306. The van der Waals surface area contributed by atoms with Crippen LogP contribution in [0.3, 0.4) is 0 Å². The maximum atomic E-state index is 11.8. The molecule has 1 saturated heterocycles. The molecule has 1 amide bonds. The number of ether oxygens (including phenoxy) is 1. The van der Waals surface area contributed by atoms with Crippen LogP contribution in [0.5, 0.6) is 0 Å². The largest absolute Gasteiger partial charge is 0.463 e. The van der Waals surface area contributed by atoms with E-state index in [1.165, 1.54) is 0 Å². The third-order valence-corrected chi connectivity index (χ3v) is 2.96. The predicted molar refractivity (Wildman–Crippen MR) is 76.3 cm³/mol. The molecule has 0 saturated carbocycles. The highest BCUT2D eigenvalue weighted by molar-refractivity contribution is 5.85. The fraction of sp³-hybridized carbons (Fsp3) is 0.846. The Hall–Kier alpha value is -0.810. The molecule has 2 N–H and O–H groups in total. The number of rotatable bonds is 5. The molecule has 1 aliphatic rings. The minimum absolute atomic E-state index is 0. The zero-order valence-electron chi connectivity index (χ0n) is 11.9. The molecule has 0 radical (unpaired) electrons. The van der Waals surface area contributed by atoms with Crippen LogP contribution < -0.4 is 10.6 Å². The molecule has 0 aromatic rings. The van der Waals surface area contributed by atoms with Crippen molar-refractivity contribution in [3.05, 3.63) is 0 Å². The molecule has 6 heteroatoms. The van der Waals surface area contributed by atoms with E-state index in [1.54, 1.807) is 6.92 Å². The summed E-state index contributed by atoms with van der Waals surface area (Å²) in [6.45, 7) is 6.62. The summed E-state index contributed by atoms with van der Waals surface area (Å²) in [6, 6.07) is -0.105. The minimum Gasteiger partial charge on any atom is -0.463 e. The van der Waals surface area contributed by atoms with Crippen LogP contribution in [0.2, 0.25) is 0 Å². The highest BCUT2D eigenvalue weighted by Gasteiger charge is 2.22. The lowest BCUT2D eigenvalue weighted by molar-refractivity contribution is -0.151. The first-order chi connectivity index (χ1) is 8.50. The van der Waals surface area contributed by atoms with Gasteiger partial charge in [-0.2, -0.15) is 0 Å². The summed E-state index contributed by atoms with van der Waals surface area (Å²) in [7, 11) is 0. The number of esters is 1. The Kier molecular flexibility index (Phi) is 8.76. The van der Waals surface area contributed by atoms with Crippen molar-refractivity contribution in [2.45, 2.75) is 52.2 Å². The number of amides is 1. The zero-order valence-corrected chi connectivity index (χ0v) is 12.7. The van der Waals surface area contributed by atoms with Crippen LogP contribution in [-0.2, 0) is 14.3 Å². The molecule has 2 atom stereocenters. The molecule has 0 aromatic heterocycles. The maximum absolute atomic E-state index is 11.8. The molecular formula is C13H25ClN2O3. The number of hydrogen-bond donors (Lipinski definition) is 2. The van der Waals surface area contributed by atoms with E-state index in [4.69, 9.17) is 4.74 Å². The van der Waals surface area contributed by atoms with Gasteiger partial charge in [-0.15, -0.1) is 12.4 Å². The molecule has 112 valence electrons. The van der Waals surface area contributed by atoms with Crippen molar-refractivity contribution in [3.8, 4) is 0 Å². The summed E-state index contributed by atoms with van der Waals surface area (Å²) in [4.78, 5) is 23.4. The molecule has 0 bridgehead atoms. The predicted octanol–water partition coefficient (Wildman–Crippen LogP) is 1.25. The SMILES string of the molecule is CC(C)OC(=O)C(C)CNC(=O)C1CCCCN1.Cl. The van der Waals surface area contributed by atoms with E-state index in [-0.39, 0.29) is 42.3 Å². The first-order valence-electron chi connectivity index (χ1n) is 6.72. The molecule has 1 fully saturated rings. The monoisotopic (exact) mass is 292 g/mol. The molecule has 1 rings (SSSR count). The van der Waals surface area contributed by atoms with E-state index in [2.05, 4.69) is 10.6 Å².